The molecule has 0 unspecified atom stereocenters. The second kappa shape index (κ2) is 9.86. The molecule has 30 heavy (non-hydrogen) atoms. The number of carbonyl (C=O) groups excluding carboxylic acids is 1. The number of nitrogens with zero attached hydrogens (tertiary/aromatic N) is 2. The summed E-state index contributed by atoms with van der Waals surface area (Å²) in [6, 6.07) is 15.0. The molecule has 8 nitrogen and oxygen atoms in total. The minimum Gasteiger partial charge on any atom is -0.481 e. The number of methoxy groups -OCH3 is 2. The van der Waals surface area contributed by atoms with Crippen LogP contribution in [-0.2, 0) is 0 Å². The van der Waals surface area contributed by atoms with Crippen molar-refractivity contribution >= 4 is 40.5 Å². The SMILES string of the molecule is COc1cc(OC)nc(Oc2ccc(NC(=S)NC(=O)c3cccc(Cl)c3)cc2)n1. The number of aromatic nitrogens is 2. The number of carbonyl (C=O) groups is 1. The maximum absolute atomic E-state index is 12.2. The normalized spacial score (nSPS) is 10.1. The Hall–Kier alpha value is -3.43. The Labute approximate surface area is 183 Å². The van der Waals surface area contributed by atoms with Crippen molar-refractivity contribution < 1.29 is 19.0 Å². The molecular weight excluding hydrogens is 428 g/mol. The van der Waals surface area contributed by atoms with Crippen LogP contribution < -0.4 is 24.8 Å². The molecule has 0 bridgehead atoms. The number of benzene rings is 2. The second-order valence-corrected chi connectivity index (χ2v) is 6.62. The fraction of sp³-hybridized carbons (Fsp3) is 0.100. The Kier molecular flexibility index (Phi) is 6.99. The van der Waals surface area contributed by atoms with E-state index in [9.17, 15) is 4.79 Å². The van der Waals surface area contributed by atoms with Gasteiger partial charge in [0.05, 0.1) is 20.3 Å². The van der Waals surface area contributed by atoms with E-state index in [4.69, 9.17) is 38.0 Å². The lowest BCUT2D eigenvalue weighted by Crippen LogP contribution is -2.34. The van der Waals surface area contributed by atoms with Crippen molar-refractivity contribution in [2.45, 2.75) is 0 Å². The number of anilines is 1. The molecule has 3 aromatic rings. The molecule has 0 saturated heterocycles. The molecule has 0 aliphatic carbocycles. The van der Waals surface area contributed by atoms with Crippen LogP contribution in [0.4, 0.5) is 5.69 Å². The first kappa shape index (κ1) is 21.3. The number of hydrogen-bond donors (Lipinski definition) is 2. The minimum atomic E-state index is -0.362. The zero-order valence-electron chi connectivity index (χ0n) is 16.0. The van der Waals surface area contributed by atoms with E-state index in [0.717, 1.165) is 0 Å². The molecule has 0 atom stereocenters. The fourth-order valence-electron chi connectivity index (χ4n) is 2.32. The summed E-state index contributed by atoms with van der Waals surface area (Å²) < 4.78 is 15.8. The first-order chi connectivity index (χ1) is 14.5. The van der Waals surface area contributed by atoms with Crippen LogP contribution in [0.2, 0.25) is 5.02 Å². The number of halogens is 1. The summed E-state index contributed by atoms with van der Waals surface area (Å²) in [5.74, 6) is 0.760. The monoisotopic (exact) mass is 444 g/mol. The fourth-order valence-corrected chi connectivity index (χ4v) is 2.72. The summed E-state index contributed by atoms with van der Waals surface area (Å²) in [7, 11) is 2.97. The van der Waals surface area contributed by atoms with Gasteiger partial charge < -0.3 is 19.5 Å². The van der Waals surface area contributed by atoms with Crippen LogP contribution in [0.15, 0.2) is 54.6 Å². The Bertz CT molecular complexity index is 1040. The summed E-state index contributed by atoms with van der Waals surface area (Å²) >= 11 is 11.1. The minimum absolute atomic E-state index is 0.0798. The van der Waals surface area contributed by atoms with Crippen LogP contribution in [0.25, 0.3) is 0 Å². The Balaban J connectivity index is 1.60. The highest BCUT2D eigenvalue weighted by atomic mass is 35.5. The number of hydrogen-bond acceptors (Lipinski definition) is 7. The lowest BCUT2D eigenvalue weighted by Gasteiger charge is -2.11. The molecule has 2 N–H and O–H groups in total. The highest BCUT2D eigenvalue weighted by molar-refractivity contribution is 7.80. The third-order valence-corrected chi connectivity index (χ3v) is 4.15. The van der Waals surface area contributed by atoms with Gasteiger partial charge in [0.1, 0.15) is 5.75 Å². The van der Waals surface area contributed by atoms with Gasteiger partial charge in [-0.3, -0.25) is 10.1 Å². The Morgan fingerprint density at radius 3 is 2.27 bits per heavy atom. The van der Waals surface area contributed by atoms with Gasteiger partial charge in [-0.1, -0.05) is 17.7 Å². The standard InChI is InChI=1S/C20H17ClN4O4S/c1-27-16-11-17(28-2)24-19(23-16)29-15-8-6-14(7-9-15)22-20(30)25-18(26)12-4-3-5-13(21)10-12/h3-11H,1-2H3,(H2,22,25,26,30). The maximum Gasteiger partial charge on any atom is 0.328 e. The number of ether oxygens (including phenoxy) is 3. The lowest BCUT2D eigenvalue weighted by atomic mass is 10.2. The molecule has 0 aliphatic rings. The van der Waals surface area contributed by atoms with Crippen LogP contribution in [0, 0.1) is 0 Å². The van der Waals surface area contributed by atoms with Gasteiger partial charge in [-0.25, -0.2) is 0 Å². The zero-order chi connectivity index (χ0) is 21.5. The number of thiocarbonyl (C=S) groups is 1. The van der Waals surface area contributed by atoms with Crippen molar-refractivity contribution in [3.8, 4) is 23.5 Å². The van der Waals surface area contributed by atoms with Crippen LogP contribution >= 0.6 is 23.8 Å². The van der Waals surface area contributed by atoms with Crippen molar-refractivity contribution in [3.05, 3.63) is 65.2 Å². The molecule has 0 fully saturated rings. The first-order valence-electron chi connectivity index (χ1n) is 8.59. The van der Waals surface area contributed by atoms with Gasteiger partial charge >= 0.3 is 6.01 Å². The van der Waals surface area contributed by atoms with Crippen LogP contribution in [0.3, 0.4) is 0 Å². The van der Waals surface area contributed by atoms with Crippen LogP contribution in [0.5, 0.6) is 23.5 Å². The molecule has 0 aliphatic heterocycles. The van der Waals surface area contributed by atoms with E-state index < -0.39 is 0 Å². The van der Waals surface area contributed by atoms with Gasteiger partial charge in [-0.15, -0.1) is 0 Å². The number of rotatable bonds is 6. The van der Waals surface area contributed by atoms with Crippen LogP contribution in [-0.4, -0.2) is 35.2 Å². The average Bonchev–Trinajstić information content (AvgIpc) is 2.74. The van der Waals surface area contributed by atoms with Crippen molar-refractivity contribution in [3.63, 3.8) is 0 Å². The van der Waals surface area contributed by atoms with Crippen molar-refractivity contribution in [1.82, 2.24) is 15.3 Å². The molecule has 10 heteroatoms. The van der Waals surface area contributed by atoms with Crippen molar-refractivity contribution in [2.75, 3.05) is 19.5 Å². The summed E-state index contributed by atoms with van der Waals surface area (Å²) in [6.45, 7) is 0. The van der Waals surface area contributed by atoms with Gasteiger partial charge in [0.2, 0.25) is 11.8 Å². The Morgan fingerprint density at radius 1 is 1.00 bits per heavy atom. The first-order valence-corrected chi connectivity index (χ1v) is 9.38. The quantitative estimate of drug-likeness (QED) is 0.549. The molecule has 1 heterocycles. The van der Waals surface area contributed by atoms with Gasteiger partial charge in [-0.05, 0) is 54.7 Å². The van der Waals surface area contributed by atoms with Crippen LogP contribution in [0.1, 0.15) is 10.4 Å². The van der Waals surface area contributed by atoms with E-state index >= 15 is 0 Å². The van der Waals surface area contributed by atoms with E-state index in [1.165, 1.54) is 14.2 Å². The summed E-state index contributed by atoms with van der Waals surface area (Å²) in [5.41, 5.74) is 1.06. The van der Waals surface area contributed by atoms with E-state index in [0.29, 0.717) is 33.8 Å². The predicted molar refractivity (Wildman–Crippen MR) is 117 cm³/mol. The predicted octanol–water partition coefficient (Wildman–Crippen LogP) is 4.07. The molecule has 3 rings (SSSR count). The molecule has 0 spiro atoms. The molecule has 1 amide bonds. The number of nitrogens with one attached hydrogen (secondary N) is 2. The van der Waals surface area contributed by atoms with Gasteiger partial charge in [0, 0.05) is 16.3 Å². The average molecular weight is 445 g/mol. The van der Waals surface area contributed by atoms with E-state index in [2.05, 4.69) is 20.6 Å². The van der Waals surface area contributed by atoms with Crippen molar-refractivity contribution in [2.24, 2.45) is 0 Å². The van der Waals surface area contributed by atoms with E-state index in [1.807, 2.05) is 0 Å². The van der Waals surface area contributed by atoms with Gasteiger partial charge in [0.25, 0.3) is 5.91 Å². The zero-order valence-corrected chi connectivity index (χ0v) is 17.6. The highest BCUT2D eigenvalue weighted by Crippen LogP contribution is 2.24. The molecule has 154 valence electrons. The number of amides is 1. The topological polar surface area (TPSA) is 94.6 Å². The molecule has 0 radical (unpaired) electrons. The highest BCUT2D eigenvalue weighted by Gasteiger charge is 2.10. The third kappa shape index (κ3) is 5.79. The molecule has 0 saturated carbocycles. The van der Waals surface area contributed by atoms with Gasteiger partial charge in [0.15, 0.2) is 5.11 Å². The summed E-state index contributed by atoms with van der Waals surface area (Å²) in [6.07, 6.45) is 0. The Morgan fingerprint density at radius 2 is 1.67 bits per heavy atom. The van der Waals surface area contributed by atoms with E-state index in [1.54, 1.807) is 54.6 Å². The lowest BCUT2D eigenvalue weighted by molar-refractivity contribution is 0.0977. The smallest absolute Gasteiger partial charge is 0.328 e. The van der Waals surface area contributed by atoms with Gasteiger partial charge in [-0.2, -0.15) is 9.97 Å². The molecule has 1 aromatic heterocycles. The van der Waals surface area contributed by atoms with Crippen molar-refractivity contribution in [1.29, 1.82) is 0 Å². The largest absolute Gasteiger partial charge is 0.481 e. The third-order valence-electron chi connectivity index (χ3n) is 3.71. The molecular formula is C20H17ClN4O4S. The summed E-state index contributed by atoms with van der Waals surface area (Å²) in [5, 5.41) is 6.13. The second-order valence-electron chi connectivity index (χ2n) is 5.78. The molecule has 2 aromatic carbocycles. The van der Waals surface area contributed by atoms with E-state index in [-0.39, 0.29) is 17.0 Å². The maximum atomic E-state index is 12.2. The summed E-state index contributed by atoms with van der Waals surface area (Å²) in [4.78, 5) is 20.4.